The average Bonchev–Trinajstić information content (AvgIpc) is 3.16. The predicted molar refractivity (Wildman–Crippen MR) is 98.1 cm³/mol. The molecule has 0 aliphatic heterocycles. The number of hydrogen-bond acceptors (Lipinski definition) is 4. The summed E-state index contributed by atoms with van der Waals surface area (Å²) in [5.74, 6) is 0.421. The van der Waals surface area contributed by atoms with E-state index < -0.39 is 11.1 Å². The SMILES string of the molecule is C=CCn1c(=O)c(=O)n(CC(=O)NCCc2ccco2)c2ccccc21. The van der Waals surface area contributed by atoms with Gasteiger partial charge in [0, 0.05) is 19.5 Å². The number of benzene rings is 1. The second kappa shape index (κ2) is 7.69. The highest BCUT2D eigenvalue weighted by atomic mass is 16.3. The third kappa shape index (κ3) is 3.51. The number of allylic oxidation sites excluding steroid dienone is 1. The lowest BCUT2D eigenvalue weighted by Crippen LogP contribution is -2.44. The highest BCUT2D eigenvalue weighted by molar-refractivity contribution is 5.80. The Hall–Kier alpha value is -3.35. The molecule has 0 spiro atoms. The van der Waals surface area contributed by atoms with Crippen LogP contribution >= 0.6 is 0 Å². The van der Waals surface area contributed by atoms with Crippen LogP contribution in [0, 0.1) is 0 Å². The number of furan rings is 1. The normalized spacial score (nSPS) is 10.8. The Morgan fingerprint density at radius 3 is 2.42 bits per heavy atom. The van der Waals surface area contributed by atoms with Gasteiger partial charge in [0.15, 0.2) is 0 Å². The van der Waals surface area contributed by atoms with Gasteiger partial charge in [-0.15, -0.1) is 6.58 Å². The van der Waals surface area contributed by atoms with Gasteiger partial charge in [0.25, 0.3) is 0 Å². The maximum Gasteiger partial charge on any atom is 0.317 e. The molecule has 7 nitrogen and oxygen atoms in total. The van der Waals surface area contributed by atoms with Gasteiger partial charge >= 0.3 is 11.1 Å². The molecular formula is C19H19N3O4. The summed E-state index contributed by atoms with van der Waals surface area (Å²) in [7, 11) is 0. The fourth-order valence-corrected chi connectivity index (χ4v) is 2.82. The third-order valence-corrected chi connectivity index (χ3v) is 4.02. The summed E-state index contributed by atoms with van der Waals surface area (Å²) in [6.07, 6.45) is 3.68. The van der Waals surface area contributed by atoms with Gasteiger partial charge in [0.2, 0.25) is 5.91 Å². The largest absolute Gasteiger partial charge is 0.469 e. The van der Waals surface area contributed by atoms with Gasteiger partial charge in [-0.1, -0.05) is 18.2 Å². The Bertz CT molecular complexity index is 1040. The van der Waals surface area contributed by atoms with Crippen molar-refractivity contribution in [2.75, 3.05) is 6.54 Å². The Morgan fingerprint density at radius 2 is 1.77 bits per heavy atom. The molecule has 0 saturated carbocycles. The number of fused-ring (bicyclic) bond motifs is 1. The van der Waals surface area contributed by atoms with Crippen LogP contribution in [0.4, 0.5) is 0 Å². The number of rotatable bonds is 7. The van der Waals surface area contributed by atoms with Crippen molar-refractivity contribution in [3.8, 4) is 0 Å². The second-order valence-electron chi connectivity index (χ2n) is 5.76. The number of aromatic nitrogens is 2. The molecule has 0 aliphatic rings. The molecule has 0 aliphatic carbocycles. The number of nitrogens with zero attached hydrogens (tertiary/aromatic N) is 2. The monoisotopic (exact) mass is 353 g/mol. The van der Waals surface area contributed by atoms with Crippen LogP contribution in [0.15, 0.2) is 69.3 Å². The molecule has 0 unspecified atom stereocenters. The Balaban J connectivity index is 1.85. The second-order valence-corrected chi connectivity index (χ2v) is 5.76. The van der Waals surface area contributed by atoms with Gasteiger partial charge in [0.1, 0.15) is 12.3 Å². The molecule has 2 aromatic heterocycles. The molecular weight excluding hydrogens is 334 g/mol. The van der Waals surface area contributed by atoms with Crippen LogP contribution in [0.1, 0.15) is 5.76 Å². The van der Waals surface area contributed by atoms with E-state index in [1.807, 2.05) is 6.07 Å². The van der Waals surface area contributed by atoms with Gasteiger partial charge in [-0.25, -0.2) is 0 Å². The van der Waals surface area contributed by atoms with Crippen molar-refractivity contribution >= 4 is 16.9 Å². The summed E-state index contributed by atoms with van der Waals surface area (Å²) in [5.41, 5.74) is -0.292. The van der Waals surface area contributed by atoms with Crippen LogP contribution in [0.5, 0.6) is 0 Å². The quantitative estimate of drug-likeness (QED) is 0.512. The van der Waals surface area contributed by atoms with Crippen molar-refractivity contribution in [1.29, 1.82) is 0 Å². The maximum atomic E-state index is 12.5. The number of carbonyl (C=O) groups excluding carboxylic acids is 1. The van der Waals surface area contributed by atoms with Crippen molar-refractivity contribution in [3.63, 3.8) is 0 Å². The standard InChI is InChI=1S/C19H19N3O4/c1-2-11-21-15-7-3-4-8-16(15)22(19(25)18(21)24)13-17(23)20-10-9-14-6-5-12-26-14/h2-8,12H,1,9-11,13H2,(H,20,23). The Kier molecular flexibility index (Phi) is 5.17. The minimum atomic E-state index is -0.730. The summed E-state index contributed by atoms with van der Waals surface area (Å²) in [6.45, 7) is 4.01. The number of carbonyl (C=O) groups is 1. The lowest BCUT2D eigenvalue weighted by molar-refractivity contribution is -0.121. The molecule has 3 rings (SSSR count). The van der Waals surface area contributed by atoms with Crippen LogP contribution in [-0.4, -0.2) is 21.6 Å². The summed E-state index contributed by atoms with van der Waals surface area (Å²) in [5, 5.41) is 2.74. The van der Waals surface area contributed by atoms with Crippen molar-refractivity contribution in [1.82, 2.24) is 14.5 Å². The smallest absolute Gasteiger partial charge is 0.317 e. The number of para-hydroxylation sites is 2. The van der Waals surface area contributed by atoms with Gasteiger partial charge in [-0.05, 0) is 24.3 Å². The topological polar surface area (TPSA) is 86.2 Å². The summed E-state index contributed by atoms with van der Waals surface area (Å²) in [6, 6.07) is 10.6. The first-order chi connectivity index (χ1) is 12.6. The van der Waals surface area contributed by atoms with Crippen LogP contribution in [-0.2, 0) is 24.3 Å². The van der Waals surface area contributed by atoms with E-state index in [1.54, 1.807) is 42.7 Å². The first-order valence-electron chi connectivity index (χ1n) is 8.24. The van der Waals surface area contributed by atoms with Crippen molar-refractivity contribution in [2.45, 2.75) is 19.5 Å². The van der Waals surface area contributed by atoms with E-state index in [1.165, 1.54) is 9.13 Å². The lowest BCUT2D eigenvalue weighted by Gasteiger charge is -2.14. The van der Waals surface area contributed by atoms with Crippen molar-refractivity contribution in [3.05, 3.63) is 81.8 Å². The molecule has 0 atom stereocenters. The zero-order chi connectivity index (χ0) is 18.5. The molecule has 0 radical (unpaired) electrons. The molecule has 26 heavy (non-hydrogen) atoms. The van der Waals surface area contributed by atoms with Crippen LogP contribution in [0.25, 0.3) is 11.0 Å². The maximum absolute atomic E-state index is 12.5. The van der Waals surface area contributed by atoms with E-state index >= 15 is 0 Å². The highest BCUT2D eigenvalue weighted by Gasteiger charge is 2.14. The molecule has 0 saturated heterocycles. The van der Waals surface area contributed by atoms with Crippen molar-refractivity contribution < 1.29 is 9.21 Å². The van der Waals surface area contributed by atoms with Crippen LogP contribution in [0.3, 0.4) is 0 Å². The lowest BCUT2D eigenvalue weighted by atomic mass is 10.2. The highest BCUT2D eigenvalue weighted by Crippen LogP contribution is 2.10. The van der Waals surface area contributed by atoms with Gasteiger partial charge in [-0.3, -0.25) is 23.5 Å². The molecule has 7 heteroatoms. The fraction of sp³-hybridized carbons (Fsp3) is 0.211. The van der Waals surface area contributed by atoms with Gasteiger partial charge in [-0.2, -0.15) is 0 Å². The van der Waals surface area contributed by atoms with E-state index in [-0.39, 0.29) is 19.0 Å². The number of amides is 1. The first kappa shape index (κ1) is 17.5. The van der Waals surface area contributed by atoms with E-state index in [4.69, 9.17) is 4.42 Å². The predicted octanol–water partition coefficient (Wildman–Crippen LogP) is 1.30. The van der Waals surface area contributed by atoms with Crippen LogP contribution in [0.2, 0.25) is 0 Å². The number of hydrogen-bond donors (Lipinski definition) is 1. The first-order valence-corrected chi connectivity index (χ1v) is 8.24. The van der Waals surface area contributed by atoms with Gasteiger partial charge in [0.05, 0.1) is 17.3 Å². The molecule has 2 heterocycles. The molecule has 0 fully saturated rings. The zero-order valence-electron chi connectivity index (χ0n) is 14.2. The van der Waals surface area contributed by atoms with Gasteiger partial charge < -0.3 is 9.73 Å². The Morgan fingerprint density at radius 1 is 1.08 bits per heavy atom. The molecule has 1 amide bonds. The minimum Gasteiger partial charge on any atom is -0.469 e. The fourth-order valence-electron chi connectivity index (χ4n) is 2.82. The molecule has 0 bridgehead atoms. The number of nitrogens with one attached hydrogen (secondary N) is 1. The van der Waals surface area contributed by atoms with E-state index in [2.05, 4.69) is 11.9 Å². The summed E-state index contributed by atoms with van der Waals surface area (Å²) < 4.78 is 7.77. The third-order valence-electron chi connectivity index (χ3n) is 4.02. The minimum absolute atomic E-state index is 0.221. The molecule has 1 N–H and O–H groups in total. The van der Waals surface area contributed by atoms with Crippen molar-refractivity contribution in [2.24, 2.45) is 0 Å². The summed E-state index contributed by atoms with van der Waals surface area (Å²) in [4.78, 5) is 37.1. The van der Waals surface area contributed by atoms with Crippen LogP contribution < -0.4 is 16.4 Å². The zero-order valence-corrected chi connectivity index (χ0v) is 14.2. The van der Waals surface area contributed by atoms with E-state index in [0.717, 1.165) is 5.76 Å². The van der Waals surface area contributed by atoms with E-state index in [9.17, 15) is 14.4 Å². The Labute approximate surface area is 149 Å². The average molecular weight is 353 g/mol. The molecule has 1 aromatic carbocycles. The molecule has 134 valence electrons. The van der Waals surface area contributed by atoms with E-state index in [0.29, 0.717) is 24.0 Å². The summed E-state index contributed by atoms with van der Waals surface area (Å²) >= 11 is 0. The molecule has 3 aromatic rings.